The number of pyridine rings is 1. The third-order valence-corrected chi connectivity index (χ3v) is 6.55. The molecule has 3 N–H and O–H groups in total. The van der Waals surface area contributed by atoms with E-state index < -0.39 is 5.82 Å². The van der Waals surface area contributed by atoms with Crippen LogP contribution in [0.2, 0.25) is 5.02 Å². The smallest absolute Gasteiger partial charge is 0.245 e. The van der Waals surface area contributed by atoms with Gasteiger partial charge in [-0.1, -0.05) is 17.7 Å². The van der Waals surface area contributed by atoms with E-state index in [0.29, 0.717) is 32.0 Å². The van der Waals surface area contributed by atoms with Crippen LogP contribution >= 0.6 is 11.6 Å². The highest BCUT2D eigenvalue weighted by Gasteiger charge is 2.20. The Kier molecular flexibility index (Phi) is 8.05. The molecular formula is C25H29ClFN9O. The van der Waals surface area contributed by atoms with Crippen molar-refractivity contribution in [2.45, 2.75) is 6.04 Å². The summed E-state index contributed by atoms with van der Waals surface area (Å²) in [5.41, 5.74) is 6.17. The van der Waals surface area contributed by atoms with E-state index >= 15 is 0 Å². The second-order valence-corrected chi connectivity index (χ2v) is 9.34. The van der Waals surface area contributed by atoms with Crippen molar-refractivity contribution in [3.05, 3.63) is 64.8 Å². The first-order valence-corrected chi connectivity index (χ1v) is 12.5. The summed E-state index contributed by atoms with van der Waals surface area (Å²) in [7, 11) is 2.12. The fourth-order valence-corrected chi connectivity index (χ4v) is 4.59. The summed E-state index contributed by atoms with van der Waals surface area (Å²) < 4.78 is 19.5. The molecule has 2 saturated heterocycles. The van der Waals surface area contributed by atoms with Crippen LogP contribution in [0.4, 0.5) is 27.5 Å². The topological polar surface area (TPSA) is 103 Å². The average Bonchev–Trinajstić information content (AvgIpc) is 2.91. The number of aromatic nitrogens is 3. The third kappa shape index (κ3) is 6.50. The summed E-state index contributed by atoms with van der Waals surface area (Å²) in [6.45, 7) is 5.13. The van der Waals surface area contributed by atoms with E-state index in [-0.39, 0.29) is 17.8 Å². The van der Waals surface area contributed by atoms with Gasteiger partial charge in [0.2, 0.25) is 5.95 Å². The first kappa shape index (κ1) is 25.3. The molecule has 10 nitrogen and oxygen atoms in total. The lowest BCUT2D eigenvalue weighted by molar-refractivity contribution is 0.122. The number of piperazine rings is 1. The number of hydrogen-bond acceptors (Lipinski definition) is 10. The normalized spacial score (nSPS) is 18.8. The van der Waals surface area contributed by atoms with Crippen LogP contribution in [-0.4, -0.2) is 79.1 Å². The number of nitrogens with zero attached hydrogens (tertiary/aromatic N) is 6. The van der Waals surface area contributed by atoms with Gasteiger partial charge < -0.3 is 25.2 Å². The molecule has 0 saturated carbocycles. The molecule has 37 heavy (non-hydrogen) atoms. The molecular weight excluding hydrogens is 497 g/mol. The van der Waals surface area contributed by atoms with E-state index in [4.69, 9.17) is 16.3 Å². The Morgan fingerprint density at radius 2 is 1.97 bits per heavy atom. The van der Waals surface area contributed by atoms with Crippen LogP contribution < -0.4 is 21.0 Å². The number of hydrogen-bond donors (Lipinski definition) is 3. The van der Waals surface area contributed by atoms with E-state index in [1.165, 1.54) is 0 Å². The van der Waals surface area contributed by atoms with Gasteiger partial charge in [0.15, 0.2) is 11.6 Å². The number of nitrogens with one attached hydrogen (secondary N) is 3. The predicted molar refractivity (Wildman–Crippen MR) is 143 cm³/mol. The van der Waals surface area contributed by atoms with E-state index in [0.717, 1.165) is 47.8 Å². The monoisotopic (exact) mass is 525 g/mol. The number of benzene rings is 1. The van der Waals surface area contributed by atoms with Crippen LogP contribution in [-0.2, 0) is 4.74 Å². The highest BCUT2D eigenvalue weighted by atomic mass is 35.5. The molecule has 2 aromatic heterocycles. The zero-order chi connectivity index (χ0) is 25.6. The Hall–Kier alpha value is -3.38. The van der Waals surface area contributed by atoms with E-state index in [1.807, 2.05) is 29.2 Å². The number of ether oxygens (including phenoxy) is 1. The van der Waals surface area contributed by atoms with Gasteiger partial charge in [0, 0.05) is 49.5 Å². The van der Waals surface area contributed by atoms with Crippen LogP contribution in [0.5, 0.6) is 0 Å². The maximum Gasteiger partial charge on any atom is 0.245 e. The minimum atomic E-state index is -0.477. The summed E-state index contributed by atoms with van der Waals surface area (Å²) in [5.74, 6) is -0.0387. The van der Waals surface area contributed by atoms with Crippen LogP contribution in [0.15, 0.2) is 47.8 Å². The molecule has 3 aromatic rings. The number of hydrazone groups is 1. The Morgan fingerprint density at radius 3 is 2.73 bits per heavy atom. The van der Waals surface area contributed by atoms with Gasteiger partial charge in [-0.15, -0.1) is 0 Å². The van der Waals surface area contributed by atoms with Gasteiger partial charge in [-0.2, -0.15) is 10.1 Å². The second kappa shape index (κ2) is 11.8. The van der Waals surface area contributed by atoms with Gasteiger partial charge in [-0.05, 0) is 36.9 Å². The van der Waals surface area contributed by atoms with Crippen LogP contribution in [0.1, 0.15) is 17.3 Å². The number of anilines is 4. The molecule has 2 fully saturated rings. The molecule has 5 rings (SSSR count). The molecule has 2 aliphatic heterocycles. The largest absolute Gasteiger partial charge is 0.378 e. The molecule has 194 valence electrons. The third-order valence-electron chi connectivity index (χ3n) is 6.23. The van der Waals surface area contributed by atoms with E-state index in [2.05, 4.69) is 54.1 Å². The lowest BCUT2D eigenvalue weighted by Crippen LogP contribution is -2.43. The van der Waals surface area contributed by atoms with Crippen molar-refractivity contribution in [2.24, 2.45) is 5.10 Å². The number of rotatable bonds is 7. The lowest BCUT2D eigenvalue weighted by Gasteiger charge is -2.31. The number of likely N-dealkylation sites (N-methyl/N-ethyl adjacent to an activating group) is 1. The second-order valence-electron chi connectivity index (χ2n) is 8.94. The molecule has 1 aromatic carbocycles. The standard InChI is InChI=1S/C25H29ClFN9O/c1-35-7-6-28-23(16-35)20-5-4-17(12-21(20)26)32-19-3-2-18(29-13-19)14-31-34-25-30-15-22(27)24(33-25)36-8-10-37-11-9-36/h2-5,12-15,23,28,32H,6-11,16H2,1H3,(H,30,33,34)/b31-14+. The average molecular weight is 526 g/mol. The van der Waals surface area contributed by atoms with E-state index in [1.54, 1.807) is 12.4 Å². The van der Waals surface area contributed by atoms with Crippen LogP contribution in [0.3, 0.4) is 0 Å². The molecule has 4 heterocycles. The van der Waals surface area contributed by atoms with Crippen molar-refractivity contribution in [2.75, 3.05) is 68.6 Å². The Morgan fingerprint density at radius 1 is 1.14 bits per heavy atom. The zero-order valence-electron chi connectivity index (χ0n) is 20.5. The lowest BCUT2D eigenvalue weighted by atomic mass is 10.0. The Labute approximate surface area is 219 Å². The summed E-state index contributed by atoms with van der Waals surface area (Å²) in [6, 6.07) is 9.96. The van der Waals surface area contributed by atoms with Crippen molar-refractivity contribution < 1.29 is 9.13 Å². The Bertz CT molecular complexity index is 1240. The van der Waals surface area contributed by atoms with Crippen molar-refractivity contribution in [3.8, 4) is 0 Å². The van der Waals surface area contributed by atoms with Gasteiger partial charge >= 0.3 is 0 Å². The fourth-order valence-electron chi connectivity index (χ4n) is 4.28. The van der Waals surface area contributed by atoms with Gasteiger partial charge in [-0.3, -0.25) is 4.98 Å². The highest BCUT2D eigenvalue weighted by Crippen LogP contribution is 2.29. The van der Waals surface area contributed by atoms with Crippen molar-refractivity contribution in [3.63, 3.8) is 0 Å². The molecule has 1 atom stereocenters. The minimum absolute atomic E-state index is 0.202. The van der Waals surface area contributed by atoms with Gasteiger partial charge in [0.25, 0.3) is 0 Å². The first-order valence-electron chi connectivity index (χ1n) is 12.1. The number of morpholine rings is 1. The Balaban J connectivity index is 1.17. The van der Waals surface area contributed by atoms with Crippen molar-refractivity contribution in [1.29, 1.82) is 0 Å². The molecule has 0 radical (unpaired) electrons. The highest BCUT2D eigenvalue weighted by molar-refractivity contribution is 6.31. The minimum Gasteiger partial charge on any atom is -0.378 e. The summed E-state index contributed by atoms with van der Waals surface area (Å²) >= 11 is 6.59. The summed E-state index contributed by atoms with van der Waals surface area (Å²) in [4.78, 5) is 16.7. The predicted octanol–water partition coefficient (Wildman–Crippen LogP) is 3.27. The molecule has 0 aliphatic carbocycles. The molecule has 0 bridgehead atoms. The first-order chi connectivity index (χ1) is 18.0. The van der Waals surface area contributed by atoms with Crippen molar-refractivity contribution >= 4 is 41.0 Å². The van der Waals surface area contributed by atoms with Gasteiger partial charge in [0.1, 0.15) is 0 Å². The molecule has 0 amide bonds. The van der Waals surface area contributed by atoms with Gasteiger partial charge in [-0.25, -0.2) is 14.8 Å². The zero-order valence-corrected chi connectivity index (χ0v) is 21.2. The molecule has 0 spiro atoms. The fraction of sp³-hybridized carbons (Fsp3) is 0.360. The molecule has 1 unspecified atom stereocenters. The quantitative estimate of drug-likeness (QED) is 0.317. The maximum absolute atomic E-state index is 14.2. The van der Waals surface area contributed by atoms with E-state index in [9.17, 15) is 4.39 Å². The van der Waals surface area contributed by atoms with Gasteiger partial charge in [0.05, 0.1) is 43.2 Å². The maximum atomic E-state index is 14.2. The molecule has 12 heteroatoms. The number of halogens is 2. The van der Waals surface area contributed by atoms with Crippen LogP contribution in [0, 0.1) is 5.82 Å². The molecule has 2 aliphatic rings. The van der Waals surface area contributed by atoms with Crippen LogP contribution in [0.25, 0.3) is 0 Å². The summed E-state index contributed by atoms with van der Waals surface area (Å²) in [5, 5.41) is 11.7. The van der Waals surface area contributed by atoms with Crippen molar-refractivity contribution in [1.82, 2.24) is 25.2 Å². The summed E-state index contributed by atoms with van der Waals surface area (Å²) in [6.07, 6.45) is 4.40. The SMILES string of the molecule is CN1CCNC(c2ccc(Nc3ccc(/C=N/Nc4ncc(F)c(N5CCOCC5)n4)nc3)cc2Cl)C1.